The maximum Gasteiger partial charge on any atom is 0.323 e. The van der Waals surface area contributed by atoms with E-state index in [9.17, 15) is 17.7 Å². The Morgan fingerprint density at radius 1 is 1.67 bits per heavy atom. The summed E-state index contributed by atoms with van der Waals surface area (Å²) in [5, 5.41) is 8.27. The van der Waals surface area contributed by atoms with Crippen molar-refractivity contribution >= 4 is 15.8 Å². The van der Waals surface area contributed by atoms with Crippen LogP contribution >= 0.6 is 0 Å². The number of nitrogens with one attached hydrogen (secondary N) is 1. The van der Waals surface area contributed by atoms with Crippen LogP contribution in [0.5, 0.6) is 0 Å². The van der Waals surface area contributed by atoms with Crippen LogP contribution in [0.25, 0.3) is 0 Å². The van der Waals surface area contributed by atoms with Crippen LogP contribution < -0.4 is 5.54 Å². The molecule has 12 heavy (non-hydrogen) atoms. The first-order valence-corrected chi connectivity index (χ1v) is 5.19. The summed E-state index contributed by atoms with van der Waals surface area (Å²) in [6.45, 7) is 0. The first-order chi connectivity index (χ1) is 5.37. The highest BCUT2D eigenvalue weighted by Gasteiger charge is 2.18. The molecule has 0 unspecified atom stereocenters. The van der Waals surface area contributed by atoms with Gasteiger partial charge in [0.15, 0.2) is 0 Å². The first-order valence-electron chi connectivity index (χ1n) is 3.13. The van der Waals surface area contributed by atoms with E-state index in [0.29, 0.717) is 0 Å². The normalized spacial score (nSPS) is 14.2. The molecule has 0 rings (SSSR count). The average molecular weight is 199 g/mol. The number of hydrogen-bond acceptors (Lipinski definition) is 4. The van der Waals surface area contributed by atoms with Crippen LogP contribution in [0.4, 0.5) is 4.48 Å². The predicted molar refractivity (Wildman–Crippen MR) is 40.0 cm³/mol. The largest absolute Gasteiger partial charge is 0.480 e. The fraction of sp³-hybridized carbons (Fsp3) is 0.800. The highest BCUT2D eigenvalue weighted by molar-refractivity contribution is 7.90. The Morgan fingerprint density at radius 3 is 2.42 bits per heavy atom. The molecule has 0 amide bonds. The van der Waals surface area contributed by atoms with E-state index >= 15 is 0 Å². The van der Waals surface area contributed by atoms with Crippen LogP contribution in [-0.2, 0) is 14.6 Å². The van der Waals surface area contributed by atoms with Gasteiger partial charge < -0.3 is 5.11 Å². The monoisotopic (exact) mass is 199 g/mol. The van der Waals surface area contributed by atoms with Gasteiger partial charge in [-0.3, -0.25) is 4.79 Å². The van der Waals surface area contributed by atoms with Gasteiger partial charge in [0.2, 0.25) is 0 Å². The lowest BCUT2D eigenvalue weighted by Crippen LogP contribution is -2.33. The molecule has 0 fully saturated rings. The molecule has 0 aliphatic carbocycles. The van der Waals surface area contributed by atoms with Crippen LogP contribution in [0, 0.1) is 0 Å². The second-order valence-electron chi connectivity index (χ2n) is 2.42. The molecule has 0 aliphatic heterocycles. The van der Waals surface area contributed by atoms with E-state index in [-0.39, 0.29) is 12.2 Å². The van der Waals surface area contributed by atoms with Gasteiger partial charge in [0, 0.05) is 6.26 Å². The zero-order chi connectivity index (χ0) is 9.78. The topological polar surface area (TPSA) is 83.5 Å². The summed E-state index contributed by atoms with van der Waals surface area (Å²) in [5.74, 6) is -1.75. The Labute approximate surface area is 69.4 Å². The predicted octanol–water partition coefficient (Wildman–Crippen LogP) is -0.652. The quantitative estimate of drug-likeness (QED) is 0.575. The molecule has 0 heterocycles. The van der Waals surface area contributed by atoms with Crippen LogP contribution in [0.1, 0.15) is 6.42 Å². The minimum absolute atomic E-state index is 0.273. The standard InChI is InChI=1S/C5H10FNO4S/c1-12(10,11)3-2-4(7-6)5(8)9/h4,7H,2-3H2,1H3,(H,8,9)/t4-/m0/s1. The fourth-order valence-corrected chi connectivity index (χ4v) is 1.22. The molecule has 0 bridgehead atoms. The van der Waals surface area contributed by atoms with Crippen LogP contribution in [0.2, 0.25) is 0 Å². The summed E-state index contributed by atoms with van der Waals surface area (Å²) in [5.41, 5.74) is 1.01. The third-order valence-electron chi connectivity index (χ3n) is 1.21. The van der Waals surface area contributed by atoms with E-state index in [4.69, 9.17) is 5.11 Å². The fourth-order valence-electron chi connectivity index (χ4n) is 0.557. The molecular formula is C5H10FNO4S. The van der Waals surface area contributed by atoms with Crippen molar-refractivity contribution in [2.24, 2.45) is 0 Å². The number of carboxylic acid groups (broad SMARTS) is 1. The zero-order valence-electron chi connectivity index (χ0n) is 6.45. The molecular weight excluding hydrogens is 189 g/mol. The maximum absolute atomic E-state index is 11.7. The van der Waals surface area contributed by atoms with Crippen molar-refractivity contribution in [1.82, 2.24) is 5.54 Å². The molecule has 2 N–H and O–H groups in total. The number of carboxylic acids is 1. The molecule has 0 aliphatic rings. The molecule has 7 heteroatoms. The third-order valence-corrected chi connectivity index (χ3v) is 2.18. The molecule has 0 aromatic carbocycles. The minimum Gasteiger partial charge on any atom is -0.480 e. The van der Waals surface area contributed by atoms with Gasteiger partial charge >= 0.3 is 5.97 Å². The van der Waals surface area contributed by atoms with Crippen molar-refractivity contribution in [2.45, 2.75) is 12.5 Å². The van der Waals surface area contributed by atoms with E-state index < -0.39 is 21.8 Å². The Hall–Kier alpha value is -0.690. The summed E-state index contributed by atoms with van der Waals surface area (Å²) in [6.07, 6.45) is 0.689. The smallest absolute Gasteiger partial charge is 0.323 e. The van der Waals surface area contributed by atoms with E-state index in [1.807, 2.05) is 0 Å². The van der Waals surface area contributed by atoms with Gasteiger partial charge in [-0.2, -0.15) is 0 Å². The van der Waals surface area contributed by atoms with Gasteiger partial charge in [0.25, 0.3) is 0 Å². The van der Waals surface area contributed by atoms with Gasteiger partial charge in [0.05, 0.1) is 5.75 Å². The second kappa shape index (κ2) is 4.36. The number of carbonyl (C=O) groups is 1. The zero-order valence-corrected chi connectivity index (χ0v) is 7.27. The van der Waals surface area contributed by atoms with Gasteiger partial charge in [-0.25, -0.2) is 8.42 Å². The molecule has 0 saturated heterocycles. The molecule has 5 nitrogen and oxygen atoms in total. The van der Waals surface area contributed by atoms with Gasteiger partial charge in [-0.05, 0) is 6.42 Å². The maximum atomic E-state index is 11.7. The first kappa shape index (κ1) is 11.3. The number of hydrogen-bond donors (Lipinski definition) is 2. The lowest BCUT2D eigenvalue weighted by molar-refractivity contribution is -0.140. The molecule has 0 aromatic heterocycles. The summed E-state index contributed by atoms with van der Waals surface area (Å²) < 4.78 is 32.7. The van der Waals surface area contributed by atoms with Crippen LogP contribution in [0.15, 0.2) is 0 Å². The summed E-state index contributed by atoms with van der Waals surface area (Å²) >= 11 is 0. The lowest BCUT2D eigenvalue weighted by atomic mass is 10.2. The second-order valence-corrected chi connectivity index (χ2v) is 4.68. The number of halogens is 1. The van der Waals surface area contributed by atoms with Crippen molar-refractivity contribution in [1.29, 1.82) is 0 Å². The van der Waals surface area contributed by atoms with Crippen molar-refractivity contribution in [3.05, 3.63) is 0 Å². The molecule has 0 aromatic rings. The van der Waals surface area contributed by atoms with Gasteiger partial charge in [-0.1, -0.05) is 0 Å². The molecule has 0 saturated carbocycles. The van der Waals surface area contributed by atoms with E-state index in [0.717, 1.165) is 11.8 Å². The van der Waals surface area contributed by atoms with Gasteiger partial charge in [-0.15, -0.1) is 10.0 Å². The lowest BCUT2D eigenvalue weighted by Gasteiger charge is -2.06. The van der Waals surface area contributed by atoms with E-state index in [1.54, 1.807) is 0 Å². The van der Waals surface area contributed by atoms with Crippen LogP contribution in [-0.4, -0.2) is 37.5 Å². The Bertz CT molecular complexity index is 250. The van der Waals surface area contributed by atoms with Gasteiger partial charge in [0.1, 0.15) is 15.9 Å². The van der Waals surface area contributed by atoms with Crippen molar-refractivity contribution in [3.63, 3.8) is 0 Å². The van der Waals surface area contributed by atoms with E-state index in [1.165, 1.54) is 0 Å². The highest BCUT2D eigenvalue weighted by atomic mass is 32.2. The van der Waals surface area contributed by atoms with E-state index in [2.05, 4.69) is 0 Å². The molecule has 0 spiro atoms. The molecule has 72 valence electrons. The Balaban J connectivity index is 3.98. The van der Waals surface area contributed by atoms with Crippen molar-refractivity contribution in [3.8, 4) is 0 Å². The summed E-state index contributed by atoms with van der Waals surface area (Å²) in [7, 11) is -3.23. The number of sulfone groups is 1. The summed E-state index contributed by atoms with van der Waals surface area (Å²) in [4.78, 5) is 10.2. The molecule has 1 atom stereocenters. The average Bonchev–Trinajstić information content (AvgIpc) is 1.85. The number of rotatable bonds is 5. The third kappa shape index (κ3) is 5.03. The van der Waals surface area contributed by atoms with Crippen LogP contribution in [0.3, 0.4) is 0 Å². The SMILES string of the molecule is CS(=O)(=O)CC[C@H](NF)C(=O)O. The van der Waals surface area contributed by atoms with Crippen molar-refractivity contribution in [2.75, 3.05) is 12.0 Å². The number of aliphatic carboxylic acids is 1. The van der Waals surface area contributed by atoms with Crippen molar-refractivity contribution < 1.29 is 22.8 Å². The summed E-state index contributed by atoms with van der Waals surface area (Å²) in [6, 6.07) is -1.44. The Kier molecular flexibility index (Phi) is 4.11. The Morgan fingerprint density at radius 2 is 2.17 bits per heavy atom. The molecule has 0 radical (unpaired) electrons. The minimum atomic E-state index is -3.23. The highest BCUT2D eigenvalue weighted by Crippen LogP contribution is 1.96.